The van der Waals surface area contributed by atoms with Gasteiger partial charge < -0.3 is 21.9 Å². The first-order valence-electron chi connectivity index (χ1n) is 8.40. The van der Waals surface area contributed by atoms with E-state index in [1.807, 2.05) is 0 Å². The molecule has 0 saturated heterocycles. The first-order valence-corrected chi connectivity index (χ1v) is 8.40. The summed E-state index contributed by atoms with van der Waals surface area (Å²) >= 11 is 0. The van der Waals surface area contributed by atoms with E-state index in [1.165, 1.54) is 25.7 Å². The molecule has 6 N–H and O–H groups in total. The standard InChI is InChI=1S/C16H31N3O4/c1-2-3-4-5-6-7-8-9-13(20)23-11-10-12(15(18)21)14(17)16(19)22/h12,14H,2-11,17H2,1H3,(H2,18,21)(H2,19,22). The van der Waals surface area contributed by atoms with Crippen molar-refractivity contribution < 1.29 is 19.1 Å². The number of carbonyl (C=O) groups is 3. The van der Waals surface area contributed by atoms with Crippen molar-refractivity contribution in [1.82, 2.24) is 0 Å². The summed E-state index contributed by atoms with van der Waals surface area (Å²) in [7, 11) is 0. The molecule has 0 aliphatic rings. The van der Waals surface area contributed by atoms with Crippen molar-refractivity contribution in [3.63, 3.8) is 0 Å². The molecule has 0 bridgehead atoms. The second kappa shape index (κ2) is 12.9. The van der Waals surface area contributed by atoms with Gasteiger partial charge in [-0.3, -0.25) is 14.4 Å². The summed E-state index contributed by atoms with van der Waals surface area (Å²) in [6, 6.07) is -1.16. The average Bonchev–Trinajstić information content (AvgIpc) is 2.49. The molecular formula is C16H31N3O4. The molecule has 2 unspecified atom stereocenters. The molecule has 0 saturated carbocycles. The van der Waals surface area contributed by atoms with Gasteiger partial charge in [-0.1, -0.05) is 45.4 Å². The van der Waals surface area contributed by atoms with Gasteiger partial charge in [0.15, 0.2) is 0 Å². The van der Waals surface area contributed by atoms with Crippen molar-refractivity contribution in [3.8, 4) is 0 Å². The number of primary amides is 2. The number of carbonyl (C=O) groups excluding carboxylic acids is 3. The monoisotopic (exact) mass is 329 g/mol. The Hall–Kier alpha value is -1.63. The third-order valence-corrected chi connectivity index (χ3v) is 3.80. The Morgan fingerprint density at radius 3 is 2.00 bits per heavy atom. The summed E-state index contributed by atoms with van der Waals surface area (Å²) in [6.07, 6.45) is 8.32. The number of unbranched alkanes of at least 4 members (excludes halogenated alkanes) is 6. The van der Waals surface area contributed by atoms with Crippen LogP contribution in [0.5, 0.6) is 0 Å². The molecule has 0 rings (SSSR count). The van der Waals surface area contributed by atoms with Gasteiger partial charge in [-0.05, 0) is 12.8 Å². The normalized spacial score (nSPS) is 13.3. The third kappa shape index (κ3) is 10.7. The van der Waals surface area contributed by atoms with Gasteiger partial charge in [-0.15, -0.1) is 0 Å². The van der Waals surface area contributed by atoms with Crippen molar-refractivity contribution in [2.45, 2.75) is 70.8 Å². The minimum absolute atomic E-state index is 0.00389. The SMILES string of the molecule is CCCCCCCCCC(=O)OCCC(C(N)=O)C(N)C(N)=O. The van der Waals surface area contributed by atoms with Crippen molar-refractivity contribution in [2.24, 2.45) is 23.1 Å². The second-order valence-electron chi connectivity index (χ2n) is 5.82. The highest BCUT2D eigenvalue weighted by atomic mass is 16.5. The molecule has 134 valence electrons. The van der Waals surface area contributed by atoms with Gasteiger partial charge in [-0.2, -0.15) is 0 Å². The fraction of sp³-hybridized carbons (Fsp3) is 0.812. The van der Waals surface area contributed by atoms with Crippen LogP contribution in [0.1, 0.15) is 64.7 Å². The molecule has 0 aromatic rings. The molecule has 0 aromatic carbocycles. The summed E-state index contributed by atoms with van der Waals surface area (Å²) in [4.78, 5) is 33.8. The summed E-state index contributed by atoms with van der Waals surface area (Å²) in [5.74, 6) is -2.75. The van der Waals surface area contributed by atoms with Crippen LogP contribution >= 0.6 is 0 Å². The zero-order valence-electron chi connectivity index (χ0n) is 14.1. The van der Waals surface area contributed by atoms with Crippen LogP contribution in [-0.4, -0.2) is 30.4 Å². The molecule has 7 nitrogen and oxygen atoms in total. The van der Waals surface area contributed by atoms with Crippen LogP contribution in [-0.2, 0) is 19.1 Å². The van der Waals surface area contributed by atoms with E-state index >= 15 is 0 Å². The van der Waals surface area contributed by atoms with Crippen LogP contribution in [0.2, 0.25) is 0 Å². The van der Waals surface area contributed by atoms with Crippen LogP contribution in [0.25, 0.3) is 0 Å². The number of ether oxygens (including phenoxy) is 1. The van der Waals surface area contributed by atoms with Crippen molar-refractivity contribution in [2.75, 3.05) is 6.61 Å². The van der Waals surface area contributed by atoms with Crippen molar-refractivity contribution >= 4 is 17.8 Å². The molecule has 0 aromatic heterocycles. The molecule has 0 radical (unpaired) electrons. The van der Waals surface area contributed by atoms with E-state index in [1.54, 1.807) is 0 Å². The second-order valence-corrected chi connectivity index (χ2v) is 5.82. The van der Waals surface area contributed by atoms with E-state index in [0.717, 1.165) is 19.3 Å². The van der Waals surface area contributed by atoms with Crippen LogP contribution in [0.15, 0.2) is 0 Å². The largest absolute Gasteiger partial charge is 0.466 e. The highest BCUT2D eigenvalue weighted by Crippen LogP contribution is 2.10. The molecule has 2 amide bonds. The van der Waals surface area contributed by atoms with E-state index in [4.69, 9.17) is 21.9 Å². The van der Waals surface area contributed by atoms with Crippen molar-refractivity contribution in [3.05, 3.63) is 0 Å². The van der Waals surface area contributed by atoms with E-state index in [0.29, 0.717) is 6.42 Å². The van der Waals surface area contributed by atoms with Crippen molar-refractivity contribution in [1.29, 1.82) is 0 Å². The van der Waals surface area contributed by atoms with Gasteiger partial charge in [0.1, 0.15) is 0 Å². The summed E-state index contributed by atoms with van der Waals surface area (Å²) in [6.45, 7) is 2.18. The van der Waals surface area contributed by atoms with Crippen LogP contribution < -0.4 is 17.2 Å². The topological polar surface area (TPSA) is 138 Å². The lowest BCUT2D eigenvalue weighted by molar-refractivity contribution is -0.145. The summed E-state index contributed by atoms with van der Waals surface area (Å²) in [5.41, 5.74) is 15.7. The highest BCUT2D eigenvalue weighted by Gasteiger charge is 2.27. The third-order valence-electron chi connectivity index (χ3n) is 3.80. The zero-order chi connectivity index (χ0) is 17.7. The Labute approximate surface area is 138 Å². The lowest BCUT2D eigenvalue weighted by Gasteiger charge is -2.17. The van der Waals surface area contributed by atoms with Crippen LogP contribution in [0.4, 0.5) is 0 Å². The van der Waals surface area contributed by atoms with E-state index < -0.39 is 23.8 Å². The predicted molar refractivity (Wildman–Crippen MR) is 88.0 cm³/mol. The van der Waals surface area contributed by atoms with Gasteiger partial charge in [0.05, 0.1) is 18.6 Å². The van der Waals surface area contributed by atoms with Gasteiger partial charge in [-0.25, -0.2) is 0 Å². The predicted octanol–water partition coefficient (Wildman–Crippen LogP) is 0.975. The lowest BCUT2D eigenvalue weighted by Crippen LogP contribution is -2.48. The number of nitrogens with two attached hydrogens (primary N) is 3. The number of hydrogen-bond acceptors (Lipinski definition) is 5. The minimum Gasteiger partial charge on any atom is -0.466 e. The van der Waals surface area contributed by atoms with Gasteiger partial charge >= 0.3 is 5.97 Å². The molecule has 0 spiro atoms. The quantitative estimate of drug-likeness (QED) is 0.322. The molecule has 0 heterocycles. The Kier molecular flexibility index (Phi) is 12.0. The Morgan fingerprint density at radius 2 is 1.48 bits per heavy atom. The summed E-state index contributed by atoms with van der Waals surface area (Å²) in [5, 5.41) is 0. The maximum atomic E-state index is 11.6. The van der Waals surface area contributed by atoms with Crippen LogP contribution in [0.3, 0.4) is 0 Å². The Balaban J connectivity index is 3.79. The maximum Gasteiger partial charge on any atom is 0.305 e. The van der Waals surface area contributed by atoms with E-state index in [-0.39, 0.29) is 19.0 Å². The molecular weight excluding hydrogens is 298 g/mol. The van der Waals surface area contributed by atoms with E-state index in [9.17, 15) is 14.4 Å². The van der Waals surface area contributed by atoms with Gasteiger partial charge in [0.2, 0.25) is 11.8 Å². The zero-order valence-corrected chi connectivity index (χ0v) is 14.1. The maximum absolute atomic E-state index is 11.6. The molecule has 0 aliphatic carbocycles. The fourth-order valence-electron chi connectivity index (χ4n) is 2.30. The minimum atomic E-state index is -1.16. The first kappa shape index (κ1) is 21.4. The molecule has 0 fully saturated rings. The Bertz CT molecular complexity index is 374. The van der Waals surface area contributed by atoms with Gasteiger partial charge in [0.25, 0.3) is 0 Å². The van der Waals surface area contributed by atoms with E-state index in [2.05, 4.69) is 6.92 Å². The van der Waals surface area contributed by atoms with Gasteiger partial charge in [0, 0.05) is 6.42 Å². The first-order chi connectivity index (χ1) is 10.9. The number of hydrogen-bond donors (Lipinski definition) is 3. The number of rotatable bonds is 14. The highest BCUT2D eigenvalue weighted by molar-refractivity contribution is 5.88. The molecule has 0 aliphatic heterocycles. The van der Waals surface area contributed by atoms with Crippen LogP contribution in [0, 0.1) is 5.92 Å². The summed E-state index contributed by atoms with van der Waals surface area (Å²) < 4.78 is 5.04. The molecule has 2 atom stereocenters. The Morgan fingerprint density at radius 1 is 0.913 bits per heavy atom. The lowest BCUT2D eigenvalue weighted by atomic mass is 9.96. The number of esters is 1. The fourth-order valence-corrected chi connectivity index (χ4v) is 2.30. The average molecular weight is 329 g/mol. The molecule has 7 heteroatoms. The molecule has 23 heavy (non-hydrogen) atoms. The smallest absolute Gasteiger partial charge is 0.305 e. The number of amides is 2.